The number of piperazine rings is 1. The number of nitrogens with zero attached hydrogens (tertiary/aromatic N) is 4. The molecule has 5 aliphatic rings. The maximum absolute atomic E-state index is 17.4. The van der Waals surface area contributed by atoms with E-state index in [-0.39, 0.29) is 75.2 Å². The van der Waals surface area contributed by atoms with Gasteiger partial charge in [-0.1, -0.05) is 12.0 Å². The van der Waals surface area contributed by atoms with E-state index in [0.29, 0.717) is 45.6 Å². The number of phenols is 1. The van der Waals surface area contributed by atoms with Crippen LogP contribution >= 0.6 is 11.8 Å². The number of piperidine rings is 1. The molecule has 2 bridgehead atoms. The van der Waals surface area contributed by atoms with Crippen LogP contribution in [0.5, 0.6) is 11.8 Å². The lowest BCUT2D eigenvalue weighted by molar-refractivity contribution is -0.0328. The van der Waals surface area contributed by atoms with Gasteiger partial charge in [0, 0.05) is 71.3 Å². The number of anilines is 1. The SMILES string of the molecule is C#Cc1c(F)ccc2cc(O)cc(-c3c(SC(F)(F)F)cc4c(N5CC6CCC(C5)N6)nc(OCC5(CN6CCCC7(C6)CC7(F)F)CC5)nc4c3F)c12. The van der Waals surface area contributed by atoms with Gasteiger partial charge in [0.05, 0.1) is 17.6 Å². The van der Waals surface area contributed by atoms with E-state index in [1.54, 1.807) is 0 Å². The molecule has 2 saturated carbocycles. The Balaban J connectivity index is 1.16. The summed E-state index contributed by atoms with van der Waals surface area (Å²) in [5.74, 6) is -2.55. The third kappa shape index (κ3) is 6.27. The van der Waals surface area contributed by atoms with Crippen LogP contribution in [0.4, 0.5) is 36.6 Å². The molecular weight excluding hydrogens is 736 g/mol. The van der Waals surface area contributed by atoms with Gasteiger partial charge in [0.1, 0.15) is 22.9 Å². The second kappa shape index (κ2) is 12.5. The molecule has 3 aromatic carbocycles. The van der Waals surface area contributed by atoms with Crippen LogP contribution in [0.25, 0.3) is 32.8 Å². The van der Waals surface area contributed by atoms with Crippen molar-refractivity contribution in [3.05, 3.63) is 47.5 Å². The van der Waals surface area contributed by atoms with Crippen LogP contribution < -0.4 is 15.0 Å². The van der Waals surface area contributed by atoms with Crippen molar-refractivity contribution in [3.8, 4) is 35.2 Å². The van der Waals surface area contributed by atoms with Gasteiger partial charge in [0.2, 0.25) is 0 Å². The van der Waals surface area contributed by atoms with E-state index in [9.17, 15) is 27.1 Å². The summed E-state index contributed by atoms with van der Waals surface area (Å²) in [4.78, 5) is 12.6. The zero-order valence-electron chi connectivity index (χ0n) is 29.0. The van der Waals surface area contributed by atoms with Crippen molar-refractivity contribution < 1.29 is 40.6 Å². The second-order valence-corrected chi connectivity index (χ2v) is 16.9. The van der Waals surface area contributed by atoms with Crippen LogP contribution in [-0.4, -0.2) is 82.8 Å². The average Bonchev–Trinajstić information content (AvgIpc) is 3.94. The molecule has 3 unspecified atom stereocenters. The first-order valence-corrected chi connectivity index (χ1v) is 18.9. The molecule has 1 aromatic heterocycles. The number of likely N-dealkylation sites (tertiary alicyclic amines) is 1. The molecule has 5 fully saturated rings. The highest BCUT2D eigenvalue weighted by Crippen LogP contribution is 2.65. The fourth-order valence-corrected chi connectivity index (χ4v) is 9.79. The molecule has 9 rings (SSSR count). The summed E-state index contributed by atoms with van der Waals surface area (Å²) in [6.07, 6.45) is 10.2. The molecule has 3 aliphatic heterocycles. The Hall–Kier alpha value is -4.00. The summed E-state index contributed by atoms with van der Waals surface area (Å²) in [7, 11) is 0. The van der Waals surface area contributed by atoms with Gasteiger partial charge in [-0.25, -0.2) is 17.6 Å². The summed E-state index contributed by atoms with van der Waals surface area (Å²) >= 11 is -0.538. The standard InChI is InChI=1S/C39H36F7N5O2S/c1-2-25-28(40)7-4-21-12-24(52)13-26(30(21)25)31-29(54-39(44,45)46)14-27-33(32(31)41)48-35(49-34(27)51-15-22-5-6-23(16-51)47-22)53-20-36(9-10-36)18-50-11-3-8-37(19-50)17-38(37,42)43/h1,4,7,12-14,22-23,47,52H,3,5-6,8-11,15-20H2. The number of terminal acetylenes is 1. The Kier molecular flexibility index (Phi) is 8.27. The van der Waals surface area contributed by atoms with Gasteiger partial charge in [0.15, 0.2) is 5.82 Å². The minimum atomic E-state index is -4.86. The Morgan fingerprint density at radius 3 is 2.46 bits per heavy atom. The molecule has 0 radical (unpaired) electrons. The van der Waals surface area contributed by atoms with E-state index in [2.05, 4.69) is 21.1 Å². The number of alkyl halides is 5. The number of aromatic hydroxyl groups is 1. The first-order chi connectivity index (χ1) is 25.7. The fraction of sp³-hybridized carbons (Fsp3) is 0.487. The molecule has 54 heavy (non-hydrogen) atoms. The minimum Gasteiger partial charge on any atom is -0.508 e. The zero-order valence-corrected chi connectivity index (χ0v) is 29.8. The highest BCUT2D eigenvalue weighted by molar-refractivity contribution is 8.00. The largest absolute Gasteiger partial charge is 0.508 e. The van der Waals surface area contributed by atoms with Crippen LogP contribution in [-0.2, 0) is 0 Å². The fourth-order valence-electron chi connectivity index (χ4n) is 9.07. The van der Waals surface area contributed by atoms with Crippen LogP contribution in [0.3, 0.4) is 0 Å². The van der Waals surface area contributed by atoms with Gasteiger partial charge in [-0.2, -0.15) is 23.1 Å². The summed E-state index contributed by atoms with van der Waals surface area (Å²) in [5, 5.41) is 14.4. The molecule has 7 nitrogen and oxygen atoms in total. The topological polar surface area (TPSA) is 73.8 Å². The lowest BCUT2D eigenvalue weighted by Crippen LogP contribution is -2.51. The lowest BCUT2D eigenvalue weighted by Gasteiger charge is -2.35. The zero-order chi connectivity index (χ0) is 37.8. The van der Waals surface area contributed by atoms with Crippen molar-refractivity contribution >= 4 is 39.3 Å². The highest BCUT2D eigenvalue weighted by Gasteiger charge is 2.71. The number of phenolic OH excluding ortho intramolecular Hbond substituents is 1. The molecule has 284 valence electrons. The van der Waals surface area contributed by atoms with Crippen LogP contribution in [0, 0.1) is 34.8 Å². The molecule has 4 heterocycles. The van der Waals surface area contributed by atoms with Crippen LogP contribution in [0.1, 0.15) is 50.5 Å². The molecule has 1 spiro atoms. The third-order valence-electron chi connectivity index (χ3n) is 12.0. The predicted molar refractivity (Wildman–Crippen MR) is 191 cm³/mol. The highest BCUT2D eigenvalue weighted by atomic mass is 32.2. The Morgan fingerprint density at radius 1 is 1.06 bits per heavy atom. The maximum Gasteiger partial charge on any atom is 0.446 e. The Morgan fingerprint density at radius 2 is 1.80 bits per heavy atom. The Bertz CT molecular complexity index is 2230. The maximum atomic E-state index is 17.4. The van der Waals surface area contributed by atoms with Crippen LogP contribution in [0.15, 0.2) is 35.2 Å². The summed E-state index contributed by atoms with van der Waals surface area (Å²) in [6.45, 7) is 2.68. The monoisotopic (exact) mass is 771 g/mol. The lowest BCUT2D eigenvalue weighted by atomic mass is 9.93. The molecule has 3 saturated heterocycles. The number of fused-ring (bicyclic) bond motifs is 4. The van der Waals surface area contributed by atoms with Crippen molar-refractivity contribution in [2.24, 2.45) is 10.8 Å². The molecule has 0 amide bonds. The van der Waals surface area contributed by atoms with Gasteiger partial charge < -0.3 is 25.0 Å². The average molecular weight is 772 g/mol. The quantitative estimate of drug-likeness (QED) is 0.106. The van der Waals surface area contributed by atoms with Gasteiger partial charge in [-0.05, 0) is 92.0 Å². The Labute approximate surface area is 310 Å². The number of thioether (sulfide) groups is 1. The molecule has 2 N–H and O–H groups in total. The number of aromatic nitrogens is 2. The second-order valence-electron chi connectivity index (χ2n) is 15.8. The van der Waals surface area contributed by atoms with Crippen molar-refractivity contribution in [1.29, 1.82) is 0 Å². The summed E-state index contributed by atoms with van der Waals surface area (Å²) < 4.78 is 110. The number of nitrogens with one attached hydrogen (secondary N) is 1. The van der Waals surface area contributed by atoms with E-state index >= 15 is 8.78 Å². The molecular formula is C39H36F7N5O2S. The van der Waals surface area contributed by atoms with Gasteiger partial charge >= 0.3 is 11.5 Å². The number of hydrogen-bond acceptors (Lipinski definition) is 8. The van der Waals surface area contributed by atoms with Crippen molar-refractivity contribution in [1.82, 2.24) is 20.2 Å². The van der Waals surface area contributed by atoms with Crippen LogP contribution in [0.2, 0.25) is 0 Å². The number of halogens is 7. The first-order valence-electron chi connectivity index (χ1n) is 18.1. The van der Waals surface area contributed by atoms with E-state index in [1.807, 2.05) is 4.90 Å². The van der Waals surface area contributed by atoms with E-state index in [1.165, 1.54) is 18.2 Å². The predicted octanol–water partition coefficient (Wildman–Crippen LogP) is 8.25. The van der Waals surface area contributed by atoms with E-state index in [4.69, 9.17) is 16.1 Å². The molecule has 3 atom stereocenters. The van der Waals surface area contributed by atoms with E-state index < -0.39 is 56.5 Å². The van der Waals surface area contributed by atoms with Gasteiger partial charge in [0.25, 0.3) is 5.92 Å². The number of benzene rings is 3. The molecule has 2 aliphatic carbocycles. The van der Waals surface area contributed by atoms with Gasteiger partial charge in [-0.15, -0.1) is 6.42 Å². The smallest absolute Gasteiger partial charge is 0.446 e. The number of rotatable bonds is 8. The van der Waals surface area contributed by atoms with Crippen molar-refractivity contribution in [3.63, 3.8) is 0 Å². The first kappa shape index (κ1) is 35.7. The summed E-state index contributed by atoms with van der Waals surface area (Å²) in [5.41, 5.74) is -7.54. The third-order valence-corrected chi connectivity index (χ3v) is 12.7. The molecule has 15 heteroatoms. The van der Waals surface area contributed by atoms with Crippen molar-refractivity contribution in [2.75, 3.05) is 44.2 Å². The van der Waals surface area contributed by atoms with E-state index in [0.717, 1.165) is 37.8 Å². The van der Waals surface area contributed by atoms with Gasteiger partial charge in [-0.3, -0.25) is 0 Å². The minimum absolute atomic E-state index is 0.0366. The molecule has 4 aromatic rings. The number of ether oxygens (including phenoxy) is 1. The number of hydrogen-bond donors (Lipinski definition) is 2. The van der Waals surface area contributed by atoms with Crippen molar-refractivity contribution in [2.45, 2.75) is 73.4 Å². The summed E-state index contributed by atoms with van der Waals surface area (Å²) in [6, 6.07) is 5.95. The normalized spacial score (nSPS) is 25.7.